The van der Waals surface area contributed by atoms with Crippen LogP contribution in [0.2, 0.25) is 0 Å². The Morgan fingerprint density at radius 3 is 2.45 bits per heavy atom. The molecule has 0 radical (unpaired) electrons. The summed E-state index contributed by atoms with van der Waals surface area (Å²) in [7, 11) is 0. The number of carbonyl (C=O) groups excluding carboxylic acids is 1. The van der Waals surface area contributed by atoms with E-state index < -0.39 is 0 Å². The van der Waals surface area contributed by atoms with Crippen molar-refractivity contribution in [3.05, 3.63) is 35.9 Å². The van der Waals surface area contributed by atoms with E-state index in [4.69, 9.17) is 0 Å². The van der Waals surface area contributed by atoms with Gasteiger partial charge in [0.1, 0.15) is 0 Å². The van der Waals surface area contributed by atoms with Crippen LogP contribution in [0.1, 0.15) is 56.4 Å². The second-order valence-corrected chi connectivity index (χ2v) is 7.55. The van der Waals surface area contributed by atoms with E-state index in [9.17, 15) is 4.79 Å². The molecule has 118 valence electrons. The lowest BCUT2D eigenvalue weighted by Gasteiger charge is -2.35. The van der Waals surface area contributed by atoms with Crippen LogP contribution in [0.5, 0.6) is 0 Å². The van der Waals surface area contributed by atoms with Crippen LogP contribution in [0.3, 0.4) is 0 Å². The first-order valence-corrected chi connectivity index (χ1v) is 9.16. The van der Waals surface area contributed by atoms with Crippen LogP contribution in [0.25, 0.3) is 0 Å². The number of fused-ring (bicyclic) bond motifs is 1. The Balaban J connectivity index is 1.36. The fourth-order valence-electron chi connectivity index (χ4n) is 5.26. The van der Waals surface area contributed by atoms with E-state index in [0.29, 0.717) is 17.7 Å². The van der Waals surface area contributed by atoms with E-state index in [1.165, 1.54) is 31.2 Å². The third kappa shape index (κ3) is 2.57. The number of nitrogens with zero attached hydrogens (tertiary/aromatic N) is 1. The average molecular weight is 297 g/mol. The molecule has 1 aromatic carbocycles. The monoisotopic (exact) mass is 297 g/mol. The van der Waals surface area contributed by atoms with Gasteiger partial charge in [-0.05, 0) is 55.4 Å². The van der Waals surface area contributed by atoms with Crippen LogP contribution in [0, 0.1) is 17.8 Å². The summed E-state index contributed by atoms with van der Waals surface area (Å²) in [4.78, 5) is 15.1. The number of amides is 1. The van der Waals surface area contributed by atoms with Crippen molar-refractivity contribution in [1.82, 2.24) is 4.90 Å². The second kappa shape index (κ2) is 6.06. The number of hydrogen-bond acceptors (Lipinski definition) is 1. The van der Waals surface area contributed by atoms with Crippen LogP contribution in [0.15, 0.2) is 30.3 Å². The summed E-state index contributed by atoms with van der Waals surface area (Å²) >= 11 is 0. The molecular weight excluding hydrogens is 270 g/mol. The van der Waals surface area contributed by atoms with Crippen molar-refractivity contribution in [3.8, 4) is 0 Å². The summed E-state index contributed by atoms with van der Waals surface area (Å²) in [6, 6.07) is 10.8. The van der Waals surface area contributed by atoms with Crippen LogP contribution < -0.4 is 0 Å². The summed E-state index contributed by atoms with van der Waals surface area (Å²) in [5.74, 6) is 3.09. The fraction of sp³-hybridized carbons (Fsp3) is 0.650. The SMILES string of the molecule is O=C(C1CC[C@@H]2CCC[C@H]12)N1CCC(c2ccccc2)CC1. The molecule has 0 aromatic heterocycles. The summed E-state index contributed by atoms with van der Waals surface area (Å²) in [5, 5.41) is 0. The minimum Gasteiger partial charge on any atom is -0.342 e. The van der Waals surface area contributed by atoms with Gasteiger partial charge in [-0.25, -0.2) is 0 Å². The quantitative estimate of drug-likeness (QED) is 0.800. The molecule has 3 atom stereocenters. The van der Waals surface area contributed by atoms with Crippen molar-refractivity contribution >= 4 is 5.91 Å². The van der Waals surface area contributed by atoms with E-state index in [-0.39, 0.29) is 0 Å². The highest BCUT2D eigenvalue weighted by molar-refractivity contribution is 5.79. The van der Waals surface area contributed by atoms with E-state index in [0.717, 1.165) is 44.2 Å². The first kappa shape index (κ1) is 14.3. The van der Waals surface area contributed by atoms with Crippen molar-refractivity contribution in [3.63, 3.8) is 0 Å². The molecule has 0 spiro atoms. The lowest BCUT2D eigenvalue weighted by molar-refractivity contribution is -0.137. The zero-order chi connectivity index (χ0) is 14.9. The molecule has 0 bridgehead atoms. The summed E-state index contributed by atoms with van der Waals surface area (Å²) in [6.45, 7) is 1.93. The fourth-order valence-corrected chi connectivity index (χ4v) is 5.26. The molecule has 3 aliphatic rings. The molecule has 22 heavy (non-hydrogen) atoms. The van der Waals surface area contributed by atoms with E-state index in [1.54, 1.807) is 0 Å². The highest BCUT2D eigenvalue weighted by Gasteiger charge is 2.44. The average Bonchev–Trinajstić information content (AvgIpc) is 3.18. The molecule has 1 amide bonds. The maximum Gasteiger partial charge on any atom is 0.225 e. The number of carbonyl (C=O) groups is 1. The molecule has 2 aliphatic carbocycles. The molecule has 3 fully saturated rings. The first-order chi connectivity index (χ1) is 10.8. The van der Waals surface area contributed by atoms with Crippen molar-refractivity contribution in [2.75, 3.05) is 13.1 Å². The Hall–Kier alpha value is -1.31. The number of likely N-dealkylation sites (tertiary alicyclic amines) is 1. The third-order valence-corrected chi connectivity index (χ3v) is 6.48. The molecular formula is C20H27NO. The van der Waals surface area contributed by atoms with Gasteiger partial charge in [0, 0.05) is 19.0 Å². The smallest absolute Gasteiger partial charge is 0.225 e. The molecule has 1 saturated heterocycles. The Bertz CT molecular complexity index is 518. The normalized spacial score (nSPS) is 32.2. The maximum atomic E-state index is 12.9. The van der Waals surface area contributed by atoms with Crippen LogP contribution in [0.4, 0.5) is 0 Å². The molecule has 2 heteroatoms. The summed E-state index contributed by atoms with van der Waals surface area (Å²) in [6.07, 6.45) is 8.78. The number of piperidine rings is 1. The van der Waals surface area contributed by atoms with E-state index in [1.807, 2.05) is 0 Å². The van der Waals surface area contributed by atoms with Gasteiger partial charge >= 0.3 is 0 Å². The van der Waals surface area contributed by atoms with E-state index in [2.05, 4.69) is 35.2 Å². The van der Waals surface area contributed by atoms with Gasteiger partial charge in [0.15, 0.2) is 0 Å². The highest BCUT2D eigenvalue weighted by Crippen LogP contribution is 2.48. The molecule has 4 rings (SSSR count). The van der Waals surface area contributed by atoms with Gasteiger partial charge in [0.2, 0.25) is 5.91 Å². The molecule has 1 heterocycles. The lowest BCUT2D eigenvalue weighted by atomic mass is 9.87. The summed E-state index contributed by atoms with van der Waals surface area (Å²) in [5.41, 5.74) is 1.45. The Kier molecular flexibility index (Phi) is 3.94. The van der Waals surface area contributed by atoms with Crippen LogP contribution >= 0.6 is 0 Å². The first-order valence-electron chi connectivity index (χ1n) is 9.16. The molecule has 1 aromatic rings. The van der Waals surface area contributed by atoms with Gasteiger partial charge < -0.3 is 4.90 Å². The van der Waals surface area contributed by atoms with Gasteiger partial charge in [0.25, 0.3) is 0 Å². The van der Waals surface area contributed by atoms with Gasteiger partial charge in [0.05, 0.1) is 0 Å². The molecule has 1 aliphatic heterocycles. The molecule has 2 nitrogen and oxygen atoms in total. The standard InChI is InChI=1S/C20H27NO/c22-20(19-10-9-17-7-4-8-18(17)19)21-13-11-16(12-14-21)15-5-2-1-3-6-15/h1-3,5-6,16-19H,4,7-14H2/t17-,18-,19?/m0/s1. The van der Waals surface area contributed by atoms with Crippen LogP contribution in [-0.2, 0) is 4.79 Å². The van der Waals surface area contributed by atoms with Crippen molar-refractivity contribution < 1.29 is 4.79 Å². The number of rotatable bonds is 2. The Labute approximate surface area is 133 Å². The molecule has 2 saturated carbocycles. The minimum absolute atomic E-state index is 0.362. The predicted octanol–water partition coefficient (Wildman–Crippen LogP) is 4.22. The second-order valence-electron chi connectivity index (χ2n) is 7.55. The maximum absolute atomic E-state index is 12.9. The van der Waals surface area contributed by atoms with Crippen molar-refractivity contribution in [2.24, 2.45) is 17.8 Å². The van der Waals surface area contributed by atoms with Gasteiger partial charge in [-0.3, -0.25) is 4.79 Å². The zero-order valence-electron chi connectivity index (χ0n) is 13.4. The number of hydrogen-bond donors (Lipinski definition) is 0. The van der Waals surface area contributed by atoms with Crippen LogP contribution in [-0.4, -0.2) is 23.9 Å². The van der Waals surface area contributed by atoms with Gasteiger partial charge in [-0.1, -0.05) is 43.2 Å². The molecule has 0 N–H and O–H groups in total. The van der Waals surface area contributed by atoms with Crippen molar-refractivity contribution in [1.29, 1.82) is 0 Å². The topological polar surface area (TPSA) is 20.3 Å². The number of benzene rings is 1. The predicted molar refractivity (Wildman–Crippen MR) is 88.6 cm³/mol. The Morgan fingerprint density at radius 1 is 0.909 bits per heavy atom. The lowest BCUT2D eigenvalue weighted by Crippen LogP contribution is -2.42. The highest BCUT2D eigenvalue weighted by atomic mass is 16.2. The molecule has 1 unspecified atom stereocenters. The third-order valence-electron chi connectivity index (χ3n) is 6.48. The van der Waals surface area contributed by atoms with Gasteiger partial charge in [-0.15, -0.1) is 0 Å². The minimum atomic E-state index is 0.362. The largest absolute Gasteiger partial charge is 0.342 e. The zero-order valence-corrected chi connectivity index (χ0v) is 13.4. The summed E-state index contributed by atoms with van der Waals surface area (Å²) < 4.78 is 0. The van der Waals surface area contributed by atoms with Gasteiger partial charge in [-0.2, -0.15) is 0 Å². The van der Waals surface area contributed by atoms with Crippen molar-refractivity contribution in [2.45, 2.75) is 50.9 Å². The Morgan fingerprint density at radius 2 is 1.68 bits per heavy atom. The van der Waals surface area contributed by atoms with E-state index >= 15 is 0 Å².